The molecule has 3 N–H and O–H groups in total. The van der Waals surface area contributed by atoms with Gasteiger partial charge in [-0.1, -0.05) is 20.8 Å². The first-order chi connectivity index (χ1) is 13.2. The highest BCUT2D eigenvalue weighted by Crippen LogP contribution is 2.68. The molecular weight excluding hydrogens is 352 g/mol. The lowest BCUT2D eigenvalue weighted by Gasteiger charge is -2.62. The normalized spacial score (nSPS) is 51.7. The Morgan fingerprint density at radius 2 is 1.79 bits per heavy atom. The minimum absolute atomic E-state index is 0.0591. The van der Waals surface area contributed by atoms with Crippen LogP contribution in [0, 0.1) is 46.3 Å². The molecule has 1 unspecified atom stereocenters. The fraction of sp³-hybridized carbons (Fsp3) is 0.958. The molecule has 4 aliphatic carbocycles. The lowest BCUT2D eigenvalue weighted by Crippen LogP contribution is -2.58. The Bertz CT molecular complexity index is 605. The van der Waals surface area contributed by atoms with E-state index in [1.807, 2.05) is 0 Å². The largest absolute Gasteiger partial charge is 0.481 e. The minimum atomic E-state index is -0.707. The Morgan fingerprint density at radius 3 is 2.50 bits per heavy atom. The van der Waals surface area contributed by atoms with Gasteiger partial charge in [-0.25, -0.2) is 0 Å². The van der Waals surface area contributed by atoms with Gasteiger partial charge in [-0.05, 0) is 104 Å². The van der Waals surface area contributed by atoms with E-state index >= 15 is 0 Å². The highest BCUT2D eigenvalue weighted by molar-refractivity contribution is 5.66. The van der Waals surface area contributed by atoms with Crippen molar-refractivity contribution >= 4 is 5.97 Å². The number of carbonyl (C=O) groups is 1. The van der Waals surface area contributed by atoms with Crippen molar-refractivity contribution in [2.24, 2.45) is 46.3 Å². The van der Waals surface area contributed by atoms with Crippen molar-refractivity contribution < 1.29 is 20.1 Å². The maximum absolute atomic E-state index is 11.5. The van der Waals surface area contributed by atoms with Gasteiger partial charge in [-0.2, -0.15) is 0 Å². The fourth-order valence-electron chi connectivity index (χ4n) is 8.71. The van der Waals surface area contributed by atoms with Gasteiger partial charge in [-0.15, -0.1) is 0 Å². The average Bonchev–Trinajstić information content (AvgIpc) is 3.00. The molecule has 4 saturated carbocycles. The molecule has 0 bridgehead atoms. The summed E-state index contributed by atoms with van der Waals surface area (Å²) in [4.78, 5) is 11.1. The second-order valence-corrected chi connectivity index (χ2v) is 11.3. The molecule has 0 radical (unpaired) electrons. The van der Waals surface area contributed by atoms with E-state index in [9.17, 15) is 15.0 Å². The molecule has 0 aliphatic heterocycles. The first kappa shape index (κ1) is 20.7. The molecule has 28 heavy (non-hydrogen) atoms. The molecule has 0 aromatic rings. The maximum Gasteiger partial charge on any atom is 0.303 e. The zero-order chi connectivity index (χ0) is 20.3. The third-order valence-electron chi connectivity index (χ3n) is 10.3. The molecule has 0 aromatic heterocycles. The smallest absolute Gasteiger partial charge is 0.303 e. The number of rotatable bonds is 4. The Kier molecular flexibility index (Phi) is 5.36. The summed E-state index contributed by atoms with van der Waals surface area (Å²) < 4.78 is 0. The van der Waals surface area contributed by atoms with Crippen LogP contribution in [-0.2, 0) is 4.79 Å². The summed E-state index contributed by atoms with van der Waals surface area (Å²) in [5.41, 5.74) is 0.216. The zero-order valence-electron chi connectivity index (χ0n) is 17.9. The molecule has 160 valence electrons. The number of aliphatic carboxylic acids is 1. The van der Waals surface area contributed by atoms with E-state index in [4.69, 9.17) is 5.11 Å². The van der Waals surface area contributed by atoms with E-state index in [2.05, 4.69) is 20.8 Å². The maximum atomic E-state index is 11.5. The molecule has 0 heterocycles. The summed E-state index contributed by atoms with van der Waals surface area (Å²) in [6, 6.07) is 0. The summed E-state index contributed by atoms with van der Waals surface area (Å²) in [6.07, 6.45) is 9.26. The average molecular weight is 393 g/mol. The van der Waals surface area contributed by atoms with Crippen molar-refractivity contribution in [1.29, 1.82) is 0 Å². The van der Waals surface area contributed by atoms with Gasteiger partial charge in [0.15, 0.2) is 0 Å². The number of hydrogen-bond acceptors (Lipinski definition) is 3. The van der Waals surface area contributed by atoms with Crippen LogP contribution >= 0.6 is 0 Å². The van der Waals surface area contributed by atoms with Crippen LogP contribution < -0.4 is 0 Å². The van der Waals surface area contributed by atoms with Gasteiger partial charge in [-0.3, -0.25) is 4.79 Å². The topological polar surface area (TPSA) is 77.8 Å². The van der Waals surface area contributed by atoms with Gasteiger partial charge >= 0.3 is 5.97 Å². The van der Waals surface area contributed by atoms with Crippen LogP contribution in [0.3, 0.4) is 0 Å². The van der Waals surface area contributed by atoms with E-state index in [0.29, 0.717) is 35.5 Å². The van der Waals surface area contributed by atoms with E-state index in [-0.39, 0.29) is 29.5 Å². The Labute approximate surface area is 170 Å². The molecule has 0 amide bonds. The molecule has 4 nitrogen and oxygen atoms in total. The number of fused-ring (bicyclic) bond motifs is 5. The first-order valence-corrected chi connectivity index (χ1v) is 11.8. The summed E-state index contributed by atoms with van der Waals surface area (Å²) >= 11 is 0. The predicted molar refractivity (Wildman–Crippen MR) is 109 cm³/mol. The van der Waals surface area contributed by atoms with Crippen LogP contribution in [0.5, 0.6) is 0 Å². The third-order valence-corrected chi connectivity index (χ3v) is 10.3. The van der Waals surface area contributed by atoms with Gasteiger partial charge in [0.25, 0.3) is 0 Å². The number of aliphatic hydroxyl groups is 2. The number of hydrogen-bond donors (Lipinski definition) is 3. The Hall–Kier alpha value is -0.610. The number of carboxylic acids is 1. The van der Waals surface area contributed by atoms with Crippen molar-refractivity contribution in [3.8, 4) is 0 Å². The van der Waals surface area contributed by atoms with E-state index in [1.54, 1.807) is 0 Å². The van der Waals surface area contributed by atoms with Crippen molar-refractivity contribution in [2.45, 2.75) is 97.2 Å². The van der Waals surface area contributed by atoms with Crippen molar-refractivity contribution in [3.05, 3.63) is 0 Å². The molecule has 4 aliphatic rings. The lowest BCUT2D eigenvalue weighted by molar-refractivity contribution is -0.175. The van der Waals surface area contributed by atoms with E-state index in [1.165, 1.54) is 19.3 Å². The van der Waals surface area contributed by atoms with Gasteiger partial charge in [0, 0.05) is 6.42 Å². The fourth-order valence-corrected chi connectivity index (χ4v) is 8.71. The number of carboxylic acid groups (broad SMARTS) is 1. The summed E-state index contributed by atoms with van der Waals surface area (Å²) in [5, 5.41) is 30.8. The van der Waals surface area contributed by atoms with Gasteiger partial charge < -0.3 is 15.3 Å². The third kappa shape index (κ3) is 3.05. The highest BCUT2D eigenvalue weighted by atomic mass is 16.4. The van der Waals surface area contributed by atoms with Crippen molar-refractivity contribution in [2.75, 3.05) is 0 Å². The molecule has 0 aromatic carbocycles. The SMILES string of the molecule is C[C@H](CCC(=O)O)[C@H]1CC[C@H]2[C@@H]3CCC4C[C@H](O)CC[C@]4(C)[C@H]3C[C@@H](O)[C@]12C. The first-order valence-electron chi connectivity index (χ1n) is 11.8. The Morgan fingerprint density at radius 1 is 1.04 bits per heavy atom. The second-order valence-electron chi connectivity index (χ2n) is 11.3. The monoisotopic (exact) mass is 392 g/mol. The van der Waals surface area contributed by atoms with Crippen molar-refractivity contribution in [1.82, 2.24) is 0 Å². The van der Waals surface area contributed by atoms with Gasteiger partial charge in [0.05, 0.1) is 12.2 Å². The van der Waals surface area contributed by atoms with E-state index < -0.39 is 5.97 Å². The molecule has 0 saturated heterocycles. The van der Waals surface area contributed by atoms with E-state index in [0.717, 1.165) is 38.5 Å². The summed E-state index contributed by atoms with van der Waals surface area (Å²) in [6.45, 7) is 6.99. The Balaban J connectivity index is 1.56. The molecule has 4 rings (SSSR count). The summed E-state index contributed by atoms with van der Waals surface area (Å²) in [7, 11) is 0. The highest BCUT2D eigenvalue weighted by Gasteiger charge is 2.63. The van der Waals surface area contributed by atoms with Crippen LogP contribution in [-0.4, -0.2) is 33.5 Å². The lowest BCUT2D eigenvalue weighted by atomic mass is 9.43. The summed E-state index contributed by atoms with van der Waals surface area (Å²) in [5.74, 6) is 2.55. The quantitative estimate of drug-likeness (QED) is 0.659. The van der Waals surface area contributed by atoms with Crippen molar-refractivity contribution in [3.63, 3.8) is 0 Å². The van der Waals surface area contributed by atoms with Gasteiger partial charge in [0.1, 0.15) is 0 Å². The zero-order valence-corrected chi connectivity index (χ0v) is 17.9. The van der Waals surface area contributed by atoms with Crippen LogP contribution in [0.4, 0.5) is 0 Å². The minimum Gasteiger partial charge on any atom is -0.481 e. The molecule has 10 atom stereocenters. The van der Waals surface area contributed by atoms with Crippen LogP contribution in [0.25, 0.3) is 0 Å². The van der Waals surface area contributed by atoms with Crippen LogP contribution in [0.2, 0.25) is 0 Å². The predicted octanol–water partition coefficient (Wildman–Crippen LogP) is 4.48. The van der Waals surface area contributed by atoms with Gasteiger partial charge in [0.2, 0.25) is 0 Å². The van der Waals surface area contributed by atoms with Crippen LogP contribution in [0.15, 0.2) is 0 Å². The second kappa shape index (κ2) is 7.27. The molecular formula is C24H40O4. The number of aliphatic hydroxyl groups excluding tert-OH is 2. The molecule has 4 heteroatoms. The molecule has 4 fully saturated rings. The molecule has 0 spiro atoms. The van der Waals surface area contributed by atoms with Crippen LogP contribution in [0.1, 0.15) is 85.0 Å². The standard InChI is InChI=1S/C24H40O4/c1-14(4-9-22(27)28)18-7-8-19-17-6-5-15-12-16(25)10-11-23(15,2)20(17)13-21(26)24(18,19)3/h14-21,25-26H,4-13H2,1-3H3,(H,27,28)/t14-,15?,16-,17+,18-,19+,20+,21-,23+,24-/m1/s1.